The van der Waals surface area contributed by atoms with Crippen molar-refractivity contribution in [1.82, 2.24) is 24.9 Å². The first kappa shape index (κ1) is 13.4. The third-order valence-corrected chi connectivity index (χ3v) is 4.89. The molecule has 6 nitrogen and oxygen atoms in total. The lowest BCUT2D eigenvalue weighted by Crippen LogP contribution is -2.47. The summed E-state index contributed by atoms with van der Waals surface area (Å²) >= 11 is 0. The average Bonchev–Trinajstić information content (AvgIpc) is 3.15. The highest BCUT2D eigenvalue weighted by Crippen LogP contribution is 2.40. The van der Waals surface area contributed by atoms with E-state index in [1.165, 1.54) is 0 Å². The number of fused-ring (bicyclic) bond motifs is 2. The van der Waals surface area contributed by atoms with Crippen LogP contribution in [0.4, 0.5) is 0 Å². The van der Waals surface area contributed by atoms with Gasteiger partial charge in [0.2, 0.25) is 5.91 Å². The highest BCUT2D eigenvalue weighted by molar-refractivity contribution is 5.79. The molecule has 0 aliphatic carbocycles. The van der Waals surface area contributed by atoms with Gasteiger partial charge in [-0.05, 0) is 37.3 Å². The maximum Gasteiger partial charge on any atom is 0.227 e. The van der Waals surface area contributed by atoms with E-state index >= 15 is 0 Å². The van der Waals surface area contributed by atoms with Gasteiger partial charge in [0.1, 0.15) is 0 Å². The third-order valence-electron chi connectivity index (χ3n) is 4.89. The Hall–Kier alpha value is -2.24. The van der Waals surface area contributed by atoms with Crippen molar-refractivity contribution in [3.05, 3.63) is 42.5 Å². The number of carbonyl (C=O) groups excluding carboxylic acids is 1. The Morgan fingerprint density at radius 3 is 2.64 bits per heavy atom. The normalized spacial score (nSPS) is 27.1. The molecule has 2 saturated heterocycles. The first-order valence-corrected chi connectivity index (χ1v) is 7.87. The molecule has 6 heteroatoms. The largest absolute Gasteiger partial charge is 0.336 e. The van der Waals surface area contributed by atoms with Gasteiger partial charge >= 0.3 is 0 Å². The molecule has 0 saturated carbocycles. The summed E-state index contributed by atoms with van der Waals surface area (Å²) in [6.07, 6.45) is 11.8. The van der Waals surface area contributed by atoms with Crippen LogP contribution in [0, 0.1) is 0 Å². The SMILES string of the molecule is O=C(Cc1cccnc1)N1C2CCC1CC(n1ccnn1)C2. The highest BCUT2D eigenvalue weighted by Gasteiger charge is 2.43. The molecule has 2 atom stereocenters. The Morgan fingerprint density at radius 2 is 2.00 bits per heavy atom. The number of hydrogen-bond acceptors (Lipinski definition) is 4. The quantitative estimate of drug-likeness (QED) is 0.863. The summed E-state index contributed by atoms with van der Waals surface area (Å²) in [7, 11) is 0. The number of amides is 1. The summed E-state index contributed by atoms with van der Waals surface area (Å²) < 4.78 is 1.95. The van der Waals surface area contributed by atoms with E-state index in [9.17, 15) is 4.79 Å². The van der Waals surface area contributed by atoms with E-state index < -0.39 is 0 Å². The van der Waals surface area contributed by atoms with E-state index in [0.29, 0.717) is 24.5 Å². The summed E-state index contributed by atoms with van der Waals surface area (Å²) in [4.78, 5) is 18.9. The van der Waals surface area contributed by atoms with Crippen molar-refractivity contribution in [3.8, 4) is 0 Å². The van der Waals surface area contributed by atoms with Crippen LogP contribution >= 0.6 is 0 Å². The van der Waals surface area contributed by atoms with Gasteiger partial charge in [-0.15, -0.1) is 5.10 Å². The van der Waals surface area contributed by atoms with Gasteiger partial charge < -0.3 is 4.90 Å². The molecule has 114 valence electrons. The van der Waals surface area contributed by atoms with Crippen molar-refractivity contribution in [2.24, 2.45) is 0 Å². The van der Waals surface area contributed by atoms with Gasteiger partial charge in [-0.1, -0.05) is 11.3 Å². The monoisotopic (exact) mass is 297 g/mol. The summed E-state index contributed by atoms with van der Waals surface area (Å²) in [5.41, 5.74) is 0.991. The van der Waals surface area contributed by atoms with Crippen molar-refractivity contribution < 1.29 is 4.79 Å². The van der Waals surface area contributed by atoms with Crippen LogP contribution < -0.4 is 0 Å². The van der Waals surface area contributed by atoms with Crippen molar-refractivity contribution >= 4 is 5.91 Å². The van der Waals surface area contributed by atoms with Crippen LogP contribution in [0.25, 0.3) is 0 Å². The second kappa shape index (κ2) is 5.51. The highest BCUT2D eigenvalue weighted by atomic mass is 16.2. The Labute approximate surface area is 129 Å². The molecule has 2 aliphatic heterocycles. The lowest BCUT2D eigenvalue weighted by Gasteiger charge is -2.39. The number of hydrogen-bond donors (Lipinski definition) is 0. The van der Waals surface area contributed by atoms with Gasteiger partial charge in [0.25, 0.3) is 0 Å². The molecule has 0 spiro atoms. The number of aromatic nitrogens is 4. The molecular weight excluding hydrogens is 278 g/mol. The van der Waals surface area contributed by atoms with Crippen molar-refractivity contribution in [2.45, 2.75) is 50.2 Å². The maximum absolute atomic E-state index is 12.7. The molecule has 2 fully saturated rings. The Kier molecular flexibility index (Phi) is 3.36. The van der Waals surface area contributed by atoms with Gasteiger partial charge in [-0.2, -0.15) is 0 Å². The lowest BCUT2D eigenvalue weighted by atomic mass is 9.96. The standard InChI is InChI=1S/C16H19N5O/c22-16(8-12-2-1-5-17-11-12)21-13-3-4-14(21)10-15(9-13)20-7-6-18-19-20/h1-2,5-7,11,13-15H,3-4,8-10H2. The van der Waals surface area contributed by atoms with E-state index in [1.807, 2.05) is 23.0 Å². The van der Waals surface area contributed by atoms with E-state index in [2.05, 4.69) is 20.2 Å². The molecule has 2 aromatic heterocycles. The van der Waals surface area contributed by atoms with Crippen LogP contribution in [0.2, 0.25) is 0 Å². The number of piperidine rings is 1. The zero-order valence-electron chi connectivity index (χ0n) is 12.4. The predicted molar refractivity (Wildman–Crippen MR) is 79.9 cm³/mol. The molecule has 0 aromatic carbocycles. The van der Waals surface area contributed by atoms with Gasteiger partial charge in [0.05, 0.1) is 18.7 Å². The zero-order chi connectivity index (χ0) is 14.9. The molecule has 2 unspecified atom stereocenters. The van der Waals surface area contributed by atoms with Crippen LogP contribution in [0.3, 0.4) is 0 Å². The molecule has 4 heterocycles. The predicted octanol–water partition coefficient (Wildman–Crippen LogP) is 1.61. The minimum Gasteiger partial charge on any atom is -0.336 e. The molecule has 0 radical (unpaired) electrons. The smallest absolute Gasteiger partial charge is 0.227 e. The molecular formula is C16H19N5O. The average molecular weight is 297 g/mol. The van der Waals surface area contributed by atoms with Crippen LogP contribution in [0.15, 0.2) is 36.9 Å². The summed E-state index contributed by atoms with van der Waals surface area (Å²) in [6, 6.07) is 4.92. The topological polar surface area (TPSA) is 63.9 Å². The number of pyridine rings is 1. The van der Waals surface area contributed by atoms with Gasteiger partial charge in [-0.25, -0.2) is 4.68 Å². The molecule has 0 N–H and O–H groups in total. The van der Waals surface area contributed by atoms with Gasteiger partial charge in [0, 0.05) is 30.7 Å². The lowest BCUT2D eigenvalue weighted by molar-refractivity contribution is -0.135. The minimum atomic E-state index is 0.234. The van der Waals surface area contributed by atoms with Crippen molar-refractivity contribution in [3.63, 3.8) is 0 Å². The second-order valence-corrected chi connectivity index (χ2v) is 6.23. The van der Waals surface area contributed by atoms with E-state index in [4.69, 9.17) is 0 Å². The third kappa shape index (κ3) is 2.38. The number of carbonyl (C=O) groups is 1. The summed E-state index contributed by atoms with van der Waals surface area (Å²) in [5.74, 6) is 0.234. The Balaban J connectivity index is 1.47. The molecule has 2 aromatic rings. The van der Waals surface area contributed by atoms with Gasteiger partial charge in [0.15, 0.2) is 0 Å². The van der Waals surface area contributed by atoms with E-state index in [1.54, 1.807) is 18.6 Å². The van der Waals surface area contributed by atoms with E-state index in [0.717, 1.165) is 31.2 Å². The van der Waals surface area contributed by atoms with Crippen LogP contribution in [-0.4, -0.2) is 42.9 Å². The molecule has 2 bridgehead atoms. The van der Waals surface area contributed by atoms with Crippen LogP contribution in [-0.2, 0) is 11.2 Å². The van der Waals surface area contributed by atoms with Crippen LogP contribution in [0.5, 0.6) is 0 Å². The fourth-order valence-corrected chi connectivity index (χ4v) is 3.95. The minimum absolute atomic E-state index is 0.234. The molecule has 4 rings (SSSR count). The Morgan fingerprint density at radius 1 is 1.18 bits per heavy atom. The molecule has 22 heavy (non-hydrogen) atoms. The fraction of sp³-hybridized carbons (Fsp3) is 0.500. The van der Waals surface area contributed by atoms with Crippen molar-refractivity contribution in [2.75, 3.05) is 0 Å². The van der Waals surface area contributed by atoms with Crippen molar-refractivity contribution in [1.29, 1.82) is 0 Å². The van der Waals surface area contributed by atoms with E-state index in [-0.39, 0.29) is 5.91 Å². The molecule has 2 aliphatic rings. The first-order valence-electron chi connectivity index (χ1n) is 7.87. The second-order valence-electron chi connectivity index (χ2n) is 6.23. The summed E-state index contributed by atoms with van der Waals surface area (Å²) in [5, 5.41) is 8.03. The van der Waals surface area contributed by atoms with Crippen LogP contribution in [0.1, 0.15) is 37.3 Å². The maximum atomic E-state index is 12.7. The zero-order valence-corrected chi connectivity index (χ0v) is 12.4. The first-order chi connectivity index (χ1) is 10.8. The fourth-order valence-electron chi connectivity index (χ4n) is 3.95. The summed E-state index contributed by atoms with van der Waals surface area (Å²) in [6.45, 7) is 0. The Bertz CT molecular complexity index is 628. The number of rotatable bonds is 3. The number of nitrogens with zero attached hydrogens (tertiary/aromatic N) is 5. The molecule has 1 amide bonds. The van der Waals surface area contributed by atoms with Gasteiger partial charge in [-0.3, -0.25) is 9.78 Å².